The van der Waals surface area contributed by atoms with E-state index < -0.39 is 0 Å². The highest BCUT2D eigenvalue weighted by Crippen LogP contribution is 2.26. The summed E-state index contributed by atoms with van der Waals surface area (Å²) in [7, 11) is 1.59. The van der Waals surface area contributed by atoms with Crippen LogP contribution < -0.4 is 10.1 Å². The molecule has 2 atom stereocenters. The molecule has 0 unspecified atom stereocenters. The van der Waals surface area contributed by atoms with Gasteiger partial charge in [0, 0.05) is 23.7 Å². The SMILES string of the molecule is COc1cccc(Cl)c1CNC(=O)[C@@H]1CCO[C@@H]1C. The van der Waals surface area contributed by atoms with Crippen LogP contribution >= 0.6 is 11.6 Å². The lowest BCUT2D eigenvalue weighted by Crippen LogP contribution is -2.33. The summed E-state index contributed by atoms with van der Waals surface area (Å²) in [6.07, 6.45) is 0.750. The van der Waals surface area contributed by atoms with Crippen molar-refractivity contribution in [3.8, 4) is 5.75 Å². The first-order valence-electron chi connectivity index (χ1n) is 6.34. The van der Waals surface area contributed by atoms with Crippen LogP contribution in [-0.2, 0) is 16.1 Å². The second-order valence-corrected chi connectivity index (χ2v) is 5.02. The molecule has 2 rings (SSSR count). The van der Waals surface area contributed by atoms with Gasteiger partial charge >= 0.3 is 0 Å². The summed E-state index contributed by atoms with van der Waals surface area (Å²) in [4.78, 5) is 12.1. The molecule has 0 radical (unpaired) electrons. The number of hydrogen-bond donors (Lipinski definition) is 1. The summed E-state index contributed by atoms with van der Waals surface area (Å²) in [5.74, 6) is 0.615. The number of carbonyl (C=O) groups excluding carboxylic acids is 1. The van der Waals surface area contributed by atoms with Gasteiger partial charge in [0.25, 0.3) is 0 Å². The molecule has 0 aromatic heterocycles. The average molecular weight is 284 g/mol. The third-order valence-electron chi connectivity index (χ3n) is 3.45. The Morgan fingerprint density at radius 2 is 2.37 bits per heavy atom. The monoisotopic (exact) mass is 283 g/mol. The van der Waals surface area contributed by atoms with Gasteiger partial charge in [-0.3, -0.25) is 4.79 Å². The van der Waals surface area contributed by atoms with E-state index in [1.165, 1.54) is 0 Å². The Bertz CT molecular complexity index is 464. The van der Waals surface area contributed by atoms with Crippen LogP contribution in [0.2, 0.25) is 5.02 Å². The molecule has 1 aromatic rings. The molecular weight excluding hydrogens is 266 g/mol. The highest BCUT2D eigenvalue weighted by molar-refractivity contribution is 6.31. The van der Waals surface area contributed by atoms with E-state index in [2.05, 4.69) is 5.32 Å². The van der Waals surface area contributed by atoms with E-state index in [0.29, 0.717) is 23.9 Å². The maximum atomic E-state index is 12.1. The van der Waals surface area contributed by atoms with Crippen molar-refractivity contribution in [3.05, 3.63) is 28.8 Å². The molecule has 4 nitrogen and oxygen atoms in total. The molecule has 19 heavy (non-hydrogen) atoms. The summed E-state index contributed by atoms with van der Waals surface area (Å²) >= 11 is 6.12. The van der Waals surface area contributed by atoms with Crippen LogP contribution in [-0.4, -0.2) is 25.7 Å². The number of halogens is 1. The van der Waals surface area contributed by atoms with Crippen molar-refractivity contribution in [1.29, 1.82) is 0 Å². The fraction of sp³-hybridized carbons (Fsp3) is 0.500. The summed E-state index contributed by atoms with van der Waals surface area (Å²) in [6, 6.07) is 5.43. The van der Waals surface area contributed by atoms with Gasteiger partial charge in [0.1, 0.15) is 5.75 Å². The maximum Gasteiger partial charge on any atom is 0.226 e. The molecule has 1 aliphatic heterocycles. The Morgan fingerprint density at radius 3 is 3.00 bits per heavy atom. The molecule has 1 aromatic carbocycles. The molecule has 1 heterocycles. The zero-order valence-electron chi connectivity index (χ0n) is 11.1. The number of methoxy groups -OCH3 is 1. The molecule has 1 aliphatic rings. The fourth-order valence-electron chi connectivity index (χ4n) is 2.28. The van der Waals surface area contributed by atoms with Crippen molar-refractivity contribution >= 4 is 17.5 Å². The second kappa shape index (κ2) is 6.26. The number of amides is 1. The molecule has 1 saturated heterocycles. The number of rotatable bonds is 4. The van der Waals surface area contributed by atoms with Crippen molar-refractivity contribution in [2.45, 2.75) is 26.0 Å². The number of hydrogen-bond acceptors (Lipinski definition) is 3. The van der Waals surface area contributed by atoms with Gasteiger partial charge in [0.05, 0.1) is 19.1 Å². The first-order chi connectivity index (χ1) is 9.13. The smallest absolute Gasteiger partial charge is 0.226 e. The third-order valence-corrected chi connectivity index (χ3v) is 3.80. The molecule has 5 heteroatoms. The minimum absolute atomic E-state index is 0.00646. The van der Waals surface area contributed by atoms with Crippen molar-refractivity contribution in [2.75, 3.05) is 13.7 Å². The Morgan fingerprint density at radius 1 is 1.58 bits per heavy atom. The fourth-order valence-corrected chi connectivity index (χ4v) is 2.52. The van der Waals surface area contributed by atoms with E-state index in [0.717, 1.165) is 12.0 Å². The molecule has 1 fully saturated rings. The van der Waals surface area contributed by atoms with Crippen molar-refractivity contribution in [2.24, 2.45) is 5.92 Å². The Hall–Kier alpha value is -1.26. The van der Waals surface area contributed by atoms with E-state index in [1.54, 1.807) is 13.2 Å². The predicted molar refractivity (Wildman–Crippen MR) is 73.4 cm³/mol. The zero-order valence-corrected chi connectivity index (χ0v) is 11.9. The van der Waals surface area contributed by atoms with Gasteiger partial charge in [-0.05, 0) is 25.5 Å². The van der Waals surface area contributed by atoms with E-state index in [4.69, 9.17) is 21.1 Å². The molecule has 104 valence electrons. The molecule has 0 aliphatic carbocycles. The standard InChI is InChI=1S/C14H18ClNO3/c1-9-10(6-7-19-9)14(17)16-8-11-12(15)4-3-5-13(11)18-2/h3-5,9-10H,6-8H2,1-2H3,(H,16,17)/t9-,10-/m1/s1. The molecule has 1 amide bonds. The van der Waals surface area contributed by atoms with Gasteiger partial charge < -0.3 is 14.8 Å². The van der Waals surface area contributed by atoms with Crippen molar-refractivity contribution < 1.29 is 14.3 Å². The summed E-state index contributed by atoms with van der Waals surface area (Å²) in [6.45, 7) is 2.94. The molecule has 0 bridgehead atoms. The lowest BCUT2D eigenvalue weighted by molar-refractivity contribution is -0.126. The lowest BCUT2D eigenvalue weighted by atomic mass is 10.0. The van der Waals surface area contributed by atoms with Gasteiger partial charge in [0.15, 0.2) is 0 Å². The Labute approximate surface area is 118 Å². The van der Waals surface area contributed by atoms with Crippen LogP contribution in [0.4, 0.5) is 0 Å². The van der Waals surface area contributed by atoms with E-state index in [1.807, 2.05) is 19.1 Å². The second-order valence-electron chi connectivity index (χ2n) is 4.61. The van der Waals surface area contributed by atoms with Crippen LogP contribution in [0.15, 0.2) is 18.2 Å². The maximum absolute atomic E-state index is 12.1. The summed E-state index contributed by atoms with van der Waals surface area (Å²) < 4.78 is 10.6. The summed E-state index contributed by atoms with van der Waals surface area (Å²) in [5, 5.41) is 3.50. The van der Waals surface area contributed by atoms with Crippen molar-refractivity contribution in [3.63, 3.8) is 0 Å². The number of carbonyl (C=O) groups is 1. The van der Waals surface area contributed by atoms with Crippen LogP contribution in [0.1, 0.15) is 18.9 Å². The van der Waals surface area contributed by atoms with E-state index in [9.17, 15) is 4.79 Å². The van der Waals surface area contributed by atoms with Crippen LogP contribution in [0.3, 0.4) is 0 Å². The first-order valence-corrected chi connectivity index (χ1v) is 6.72. The largest absolute Gasteiger partial charge is 0.496 e. The predicted octanol–water partition coefficient (Wildman–Crippen LogP) is 2.39. The van der Waals surface area contributed by atoms with E-state index in [-0.39, 0.29) is 17.9 Å². The van der Waals surface area contributed by atoms with Gasteiger partial charge in [0.2, 0.25) is 5.91 Å². The van der Waals surface area contributed by atoms with Gasteiger partial charge in [-0.1, -0.05) is 17.7 Å². The highest BCUT2D eigenvalue weighted by atomic mass is 35.5. The van der Waals surface area contributed by atoms with Crippen LogP contribution in [0, 0.1) is 5.92 Å². The first kappa shape index (κ1) is 14.2. The third kappa shape index (κ3) is 3.19. The molecule has 0 spiro atoms. The Balaban J connectivity index is 2.00. The normalized spacial score (nSPS) is 22.3. The van der Waals surface area contributed by atoms with Gasteiger partial charge in [-0.15, -0.1) is 0 Å². The Kier molecular flexibility index (Phi) is 4.66. The van der Waals surface area contributed by atoms with E-state index >= 15 is 0 Å². The molecular formula is C14H18ClNO3. The minimum Gasteiger partial charge on any atom is -0.496 e. The lowest BCUT2D eigenvalue weighted by Gasteiger charge is -2.15. The van der Waals surface area contributed by atoms with Gasteiger partial charge in [-0.25, -0.2) is 0 Å². The topological polar surface area (TPSA) is 47.6 Å². The number of nitrogens with one attached hydrogen (secondary N) is 1. The number of benzene rings is 1. The quantitative estimate of drug-likeness (QED) is 0.923. The van der Waals surface area contributed by atoms with Crippen LogP contribution in [0.5, 0.6) is 5.75 Å². The van der Waals surface area contributed by atoms with Gasteiger partial charge in [-0.2, -0.15) is 0 Å². The van der Waals surface area contributed by atoms with Crippen molar-refractivity contribution in [1.82, 2.24) is 5.32 Å². The van der Waals surface area contributed by atoms with Crippen LogP contribution in [0.25, 0.3) is 0 Å². The summed E-state index contributed by atoms with van der Waals surface area (Å²) in [5.41, 5.74) is 0.798. The minimum atomic E-state index is -0.0755. The number of ether oxygens (including phenoxy) is 2. The molecule has 0 saturated carbocycles. The highest BCUT2D eigenvalue weighted by Gasteiger charge is 2.30. The zero-order chi connectivity index (χ0) is 13.8. The molecule has 1 N–H and O–H groups in total. The average Bonchev–Trinajstić information content (AvgIpc) is 2.83.